The van der Waals surface area contributed by atoms with Gasteiger partial charge in [-0.1, -0.05) is 48.0 Å². The Morgan fingerprint density at radius 2 is 2.03 bits per heavy atom. The quantitative estimate of drug-likeness (QED) is 0.577. The molecule has 1 aliphatic carbocycles. The zero-order valence-corrected chi connectivity index (χ0v) is 20.5. The molecule has 6 heteroatoms. The van der Waals surface area contributed by atoms with Gasteiger partial charge in [0.1, 0.15) is 11.9 Å². The Bertz CT molecular complexity index is 1220. The molecule has 3 heterocycles. The van der Waals surface area contributed by atoms with Crippen LogP contribution in [-0.2, 0) is 10.3 Å². The van der Waals surface area contributed by atoms with Crippen LogP contribution in [-0.4, -0.2) is 41.3 Å². The molecule has 0 saturated carbocycles. The molecular formula is C29H29ClN2O3. The van der Waals surface area contributed by atoms with Crippen molar-refractivity contribution in [2.45, 2.75) is 31.0 Å². The van der Waals surface area contributed by atoms with Crippen molar-refractivity contribution in [3.8, 4) is 5.88 Å². The van der Waals surface area contributed by atoms with E-state index < -0.39 is 5.60 Å². The minimum absolute atomic E-state index is 0.156. The zero-order chi connectivity index (χ0) is 24.3. The van der Waals surface area contributed by atoms with Crippen molar-refractivity contribution in [1.29, 1.82) is 0 Å². The lowest BCUT2D eigenvalue weighted by atomic mass is 9.84. The fourth-order valence-electron chi connectivity index (χ4n) is 4.74. The SMILES string of the molecule is COC1C=CC=C2Oc3ncccc3C(=CCC=CN3CCC(O)(c4ccc(Cl)cc4)CC3)C=C21. The Labute approximate surface area is 211 Å². The summed E-state index contributed by atoms with van der Waals surface area (Å²) in [7, 11) is 1.70. The summed E-state index contributed by atoms with van der Waals surface area (Å²) in [6, 6.07) is 11.5. The van der Waals surface area contributed by atoms with Gasteiger partial charge < -0.3 is 19.5 Å². The molecule has 5 rings (SSSR count). The number of fused-ring (bicyclic) bond motifs is 2. The van der Waals surface area contributed by atoms with E-state index in [-0.39, 0.29) is 6.10 Å². The molecule has 1 unspecified atom stereocenters. The lowest BCUT2D eigenvalue weighted by Crippen LogP contribution is -2.40. The molecule has 1 atom stereocenters. The molecule has 35 heavy (non-hydrogen) atoms. The molecule has 1 N–H and O–H groups in total. The average molecular weight is 489 g/mol. The molecule has 1 fully saturated rings. The predicted octanol–water partition coefficient (Wildman–Crippen LogP) is 5.79. The largest absolute Gasteiger partial charge is 0.438 e. The van der Waals surface area contributed by atoms with Crippen LogP contribution < -0.4 is 4.74 Å². The maximum Gasteiger partial charge on any atom is 0.227 e. The standard InChI is InChI=1S/C29H29ClN2O3/c1-34-26-8-4-9-27-25(26)20-21(24-7-5-16-31-28(24)35-27)6-2-3-17-32-18-14-29(33,15-19-32)22-10-12-23(30)13-11-22/h3-13,16-17,20,26,33H,2,14-15,18-19H2,1H3. The lowest BCUT2D eigenvalue weighted by molar-refractivity contribution is -0.0161. The highest BCUT2D eigenvalue weighted by molar-refractivity contribution is 6.30. The van der Waals surface area contributed by atoms with Gasteiger partial charge in [0.15, 0.2) is 0 Å². The number of methoxy groups -OCH3 is 1. The van der Waals surface area contributed by atoms with E-state index in [1.165, 1.54) is 0 Å². The molecule has 3 aliphatic rings. The number of halogens is 1. The first-order valence-corrected chi connectivity index (χ1v) is 12.3. The van der Waals surface area contributed by atoms with E-state index in [4.69, 9.17) is 21.1 Å². The summed E-state index contributed by atoms with van der Waals surface area (Å²) in [5.41, 5.74) is 3.15. The molecule has 0 bridgehead atoms. The third-order valence-electron chi connectivity index (χ3n) is 6.78. The molecular weight excluding hydrogens is 460 g/mol. The summed E-state index contributed by atoms with van der Waals surface area (Å²) in [5.74, 6) is 1.36. The number of pyridine rings is 1. The first kappa shape index (κ1) is 23.6. The van der Waals surface area contributed by atoms with E-state index >= 15 is 0 Å². The van der Waals surface area contributed by atoms with Crippen molar-refractivity contribution in [3.05, 3.63) is 113 Å². The number of aliphatic hydroxyl groups is 1. The van der Waals surface area contributed by atoms with Crippen LogP contribution in [0.2, 0.25) is 5.02 Å². The van der Waals surface area contributed by atoms with Crippen LogP contribution in [0.5, 0.6) is 5.88 Å². The molecule has 0 amide bonds. The van der Waals surface area contributed by atoms with Crippen molar-refractivity contribution in [1.82, 2.24) is 9.88 Å². The molecule has 0 spiro atoms. The number of hydrogen-bond donors (Lipinski definition) is 1. The fraction of sp³-hybridized carbons (Fsp3) is 0.276. The highest BCUT2D eigenvalue weighted by atomic mass is 35.5. The van der Waals surface area contributed by atoms with E-state index in [2.05, 4.69) is 34.3 Å². The molecule has 0 radical (unpaired) electrons. The minimum Gasteiger partial charge on any atom is -0.438 e. The van der Waals surface area contributed by atoms with Crippen molar-refractivity contribution in [3.63, 3.8) is 0 Å². The number of aromatic nitrogens is 1. The second-order valence-electron chi connectivity index (χ2n) is 8.98. The number of ether oxygens (including phenoxy) is 2. The highest BCUT2D eigenvalue weighted by Gasteiger charge is 2.33. The van der Waals surface area contributed by atoms with E-state index in [0.29, 0.717) is 23.7 Å². The first-order chi connectivity index (χ1) is 17.1. The van der Waals surface area contributed by atoms with Gasteiger partial charge in [-0.05, 0) is 73.0 Å². The molecule has 2 aromatic rings. The topological polar surface area (TPSA) is 54.8 Å². The molecule has 1 aromatic heterocycles. The van der Waals surface area contributed by atoms with Crippen LogP contribution in [0.25, 0.3) is 5.57 Å². The molecule has 180 valence electrons. The lowest BCUT2D eigenvalue weighted by Gasteiger charge is -2.38. The van der Waals surface area contributed by atoms with Crippen LogP contribution in [0, 0.1) is 0 Å². The Morgan fingerprint density at radius 3 is 2.80 bits per heavy atom. The van der Waals surface area contributed by atoms with Gasteiger partial charge in [0.05, 0.1) is 5.60 Å². The second kappa shape index (κ2) is 10.2. The Balaban J connectivity index is 1.28. The summed E-state index contributed by atoms with van der Waals surface area (Å²) in [6.45, 7) is 1.60. The average Bonchev–Trinajstić information content (AvgIpc) is 3.04. The number of hydrogen-bond acceptors (Lipinski definition) is 5. The number of allylic oxidation sites excluding steroid dienone is 6. The van der Waals surface area contributed by atoms with E-state index in [1.807, 2.05) is 54.6 Å². The molecule has 5 nitrogen and oxygen atoms in total. The Kier molecular flexibility index (Phi) is 6.91. The van der Waals surface area contributed by atoms with Gasteiger partial charge in [0.2, 0.25) is 5.88 Å². The van der Waals surface area contributed by atoms with Crippen molar-refractivity contribution < 1.29 is 14.6 Å². The van der Waals surface area contributed by atoms with Gasteiger partial charge in [0, 0.05) is 42.6 Å². The maximum absolute atomic E-state index is 11.1. The van der Waals surface area contributed by atoms with E-state index in [9.17, 15) is 5.11 Å². The van der Waals surface area contributed by atoms with Gasteiger partial charge in [0.25, 0.3) is 0 Å². The van der Waals surface area contributed by atoms with Crippen molar-refractivity contribution in [2.75, 3.05) is 20.2 Å². The van der Waals surface area contributed by atoms with Crippen LogP contribution in [0.15, 0.2) is 96.6 Å². The summed E-state index contributed by atoms with van der Waals surface area (Å²) >= 11 is 6.00. The summed E-state index contributed by atoms with van der Waals surface area (Å²) in [5, 5.41) is 11.8. The smallest absolute Gasteiger partial charge is 0.227 e. The van der Waals surface area contributed by atoms with Gasteiger partial charge in [-0.3, -0.25) is 0 Å². The number of benzene rings is 1. The van der Waals surface area contributed by atoms with Gasteiger partial charge in [-0.15, -0.1) is 0 Å². The molecule has 2 aliphatic heterocycles. The third kappa shape index (κ3) is 5.13. The monoisotopic (exact) mass is 488 g/mol. The van der Waals surface area contributed by atoms with E-state index in [1.54, 1.807) is 13.3 Å². The highest BCUT2D eigenvalue weighted by Crippen LogP contribution is 2.37. The van der Waals surface area contributed by atoms with Crippen LogP contribution in [0.3, 0.4) is 0 Å². The van der Waals surface area contributed by atoms with Gasteiger partial charge in [-0.25, -0.2) is 4.98 Å². The molecule has 1 saturated heterocycles. The second-order valence-corrected chi connectivity index (χ2v) is 9.42. The summed E-state index contributed by atoms with van der Waals surface area (Å²) in [4.78, 5) is 6.72. The van der Waals surface area contributed by atoms with Crippen molar-refractivity contribution in [2.24, 2.45) is 0 Å². The predicted molar refractivity (Wildman–Crippen MR) is 139 cm³/mol. The van der Waals surface area contributed by atoms with Crippen LogP contribution in [0.1, 0.15) is 30.4 Å². The number of likely N-dealkylation sites (tertiary alicyclic amines) is 1. The van der Waals surface area contributed by atoms with Gasteiger partial charge in [-0.2, -0.15) is 0 Å². The third-order valence-corrected chi connectivity index (χ3v) is 7.03. The van der Waals surface area contributed by atoms with Crippen LogP contribution >= 0.6 is 11.6 Å². The first-order valence-electron chi connectivity index (χ1n) is 11.9. The maximum atomic E-state index is 11.1. The van der Waals surface area contributed by atoms with Gasteiger partial charge >= 0.3 is 0 Å². The van der Waals surface area contributed by atoms with E-state index in [0.717, 1.165) is 47.5 Å². The van der Waals surface area contributed by atoms with Crippen LogP contribution in [0.4, 0.5) is 0 Å². The number of rotatable bonds is 5. The minimum atomic E-state index is -0.794. The normalized spacial score (nSPS) is 22.2. The summed E-state index contributed by atoms with van der Waals surface area (Å²) in [6.07, 6.45) is 18.3. The Hall–Kier alpha value is -3.12. The molecule has 1 aromatic carbocycles. The van der Waals surface area contributed by atoms with Crippen molar-refractivity contribution >= 4 is 17.2 Å². The number of nitrogens with zero attached hydrogens (tertiary/aromatic N) is 2. The number of piperidine rings is 1. The summed E-state index contributed by atoms with van der Waals surface area (Å²) < 4.78 is 11.8. The Morgan fingerprint density at radius 1 is 1.23 bits per heavy atom. The fourth-order valence-corrected chi connectivity index (χ4v) is 4.87. The zero-order valence-electron chi connectivity index (χ0n) is 19.7.